The molecule has 0 radical (unpaired) electrons. The average molecular weight is 463 g/mol. The average Bonchev–Trinajstić information content (AvgIpc) is 3.27. The lowest BCUT2D eigenvalue weighted by Gasteiger charge is -2.32. The number of amides is 1. The van der Waals surface area contributed by atoms with Crippen molar-refractivity contribution in [2.45, 2.75) is 25.8 Å². The van der Waals surface area contributed by atoms with E-state index in [0.717, 1.165) is 19.3 Å². The van der Waals surface area contributed by atoms with Gasteiger partial charge in [0, 0.05) is 18.1 Å². The molecule has 1 aliphatic rings. The zero-order valence-corrected chi connectivity index (χ0v) is 18.7. The summed E-state index contributed by atoms with van der Waals surface area (Å²) in [4.78, 5) is 32.0. The molecule has 0 bridgehead atoms. The number of rotatable bonds is 5. The topological polar surface area (TPSA) is 85.9 Å². The molecule has 3 heterocycles. The number of hydrogen-bond donors (Lipinski definition) is 0. The largest absolute Gasteiger partial charge is 0.341 e. The lowest BCUT2D eigenvalue weighted by molar-refractivity contribution is -0.133. The first kappa shape index (κ1) is 21.3. The Morgan fingerprint density at radius 1 is 1.06 bits per heavy atom. The SMILES string of the molecule is O=C(Cn1cnc2c(nnn2-c2cccc(Cl)c2)c1=O)N1CCC(Cc2ccccc2)CC1. The van der Waals surface area contributed by atoms with Gasteiger partial charge >= 0.3 is 0 Å². The van der Waals surface area contributed by atoms with Crippen LogP contribution in [0.15, 0.2) is 65.7 Å². The highest BCUT2D eigenvalue weighted by molar-refractivity contribution is 6.30. The molecule has 5 rings (SSSR count). The predicted octanol–water partition coefficient (Wildman–Crippen LogP) is 3.11. The summed E-state index contributed by atoms with van der Waals surface area (Å²) in [6, 6.07) is 17.5. The zero-order chi connectivity index (χ0) is 22.8. The van der Waals surface area contributed by atoms with E-state index in [1.807, 2.05) is 11.0 Å². The second kappa shape index (κ2) is 9.15. The summed E-state index contributed by atoms with van der Waals surface area (Å²) >= 11 is 6.06. The van der Waals surface area contributed by atoms with E-state index in [2.05, 4.69) is 39.6 Å². The Bertz CT molecular complexity index is 1340. The summed E-state index contributed by atoms with van der Waals surface area (Å²) in [5.74, 6) is 0.484. The maximum absolute atomic E-state index is 12.9. The highest BCUT2D eigenvalue weighted by atomic mass is 35.5. The molecule has 2 aromatic heterocycles. The summed E-state index contributed by atoms with van der Waals surface area (Å²) in [7, 11) is 0. The molecule has 0 atom stereocenters. The van der Waals surface area contributed by atoms with Crippen LogP contribution in [0.2, 0.25) is 5.02 Å². The Labute approximate surface area is 195 Å². The fourth-order valence-corrected chi connectivity index (χ4v) is 4.50. The molecule has 1 fully saturated rings. The van der Waals surface area contributed by atoms with Crippen LogP contribution in [-0.4, -0.2) is 48.4 Å². The van der Waals surface area contributed by atoms with E-state index in [1.165, 1.54) is 21.1 Å². The number of piperidine rings is 1. The van der Waals surface area contributed by atoms with Crippen LogP contribution in [-0.2, 0) is 17.8 Å². The van der Waals surface area contributed by atoms with Crippen molar-refractivity contribution in [1.29, 1.82) is 0 Å². The third-order valence-electron chi connectivity index (χ3n) is 6.12. The standard InChI is InChI=1S/C24H23ClN6O2/c25-19-7-4-8-20(14-19)31-23-22(27-28-31)24(33)30(16-26-23)15-21(32)29-11-9-18(10-12-29)13-17-5-2-1-3-6-17/h1-8,14,16,18H,9-13,15H2. The van der Waals surface area contributed by atoms with Gasteiger partial charge in [0.15, 0.2) is 11.2 Å². The van der Waals surface area contributed by atoms with E-state index in [1.54, 1.807) is 24.3 Å². The van der Waals surface area contributed by atoms with Crippen molar-refractivity contribution in [3.8, 4) is 5.69 Å². The van der Waals surface area contributed by atoms with E-state index < -0.39 is 0 Å². The van der Waals surface area contributed by atoms with Crippen LogP contribution >= 0.6 is 11.6 Å². The van der Waals surface area contributed by atoms with Crippen molar-refractivity contribution in [2.24, 2.45) is 5.92 Å². The Hall–Kier alpha value is -3.52. The minimum absolute atomic E-state index is 0.0604. The van der Waals surface area contributed by atoms with Gasteiger partial charge in [-0.25, -0.2) is 4.98 Å². The Balaban J connectivity index is 1.26. The van der Waals surface area contributed by atoms with Gasteiger partial charge in [0.1, 0.15) is 12.9 Å². The van der Waals surface area contributed by atoms with Crippen molar-refractivity contribution in [3.05, 3.63) is 81.9 Å². The van der Waals surface area contributed by atoms with E-state index in [4.69, 9.17) is 11.6 Å². The molecule has 1 saturated heterocycles. The van der Waals surface area contributed by atoms with Gasteiger partial charge in [0.05, 0.1) is 5.69 Å². The van der Waals surface area contributed by atoms with Gasteiger partial charge in [-0.05, 0) is 48.9 Å². The second-order valence-corrected chi connectivity index (χ2v) is 8.78. The highest BCUT2D eigenvalue weighted by Gasteiger charge is 2.24. The first-order valence-electron chi connectivity index (χ1n) is 11.0. The minimum Gasteiger partial charge on any atom is -0.341 e. The summed E-state index contributed by atoms with van der Waals surface area (Å²) in [6.07, 6.45) is 4.34. The number of fused-ring (bicyclic) bond motifs is 1. The van der Waals surface area contributed by atoms with Gasteiger partial charge < -0.3 is 4.90 Å². The number of nitrogens with zero attached hydrogens (tertiary/aromatic N) is 6. The molecule has 168 valence electrons. The minimum atomic E-state index is -0.388. The lowest BCUT2D eigenvalue weighted by Crippen LogP contribution is -2.42. The third-order valence-corrected chi connectivity index (χ3v) is 6.36. The summed E-state index contributed by atoms with van der Waals surface area (Å²) in [5.41, 5.74) is 2.04. The maximum atomic E-state index is 12.9. The first-order valence-corrected chi connectivity index (χ1v) is 11.3. The van der Waals surface area contributed by atoms with Gasteiger partial charge in [0.25, 0.3) is 5.56 Å². The monoisotopic (exact) mass is 462 g/mol. The van der Waals surface area contributed by atoms with E-state index in [9.17, 15) is 9.59 Å². The van der Waals surface area contributed by atoms with Crippen LogP contribution in [0.5, 0.6) is 0 Å². The third kappa shape index (κ3) is 4.52. The van der Waals surface area contributed by atoms with Gasteiger partial charge in [-0.3, -0.25) is 14.2 Å². The van der Waals surface area contributed by atoms with Crippen LogP contribution in [0.25, 0.3) is 16.9 Å². The Morgan fingerprint density at radius 2 is 1.85 bits per heavy atom. The molecule has 8 nitrogen and oxygen atoms in total. The number of hydrogen-bond acceptors (Lipinski definition) is 5. The van der Waals surface area contributed by atoms with E-state index >= 15 is 0 Å². The number of likely N-dealkylation sites (tertiary alicyclic amines) is 1. The molecular weight excluding hydrogens is 440 g/mol. The Morgan fingerprint density at radius 3 is 2.61 bits per heavy atom. The number of carbonyl (C=O) groups excluding carboxylic acids is 1. The number of carbonyl (C=O) groups is 1. The molecule has 2 aromatic carbocycles. The molecule has 0 N–H and O–H groups in total. The second-order valence-electron chi connectivity index (χ2n) is 8.34. The van der Waals surface area contributed by atoms with E-state index in [-0.39, 0.29) is 23.5 Å². The maximum Gasteiger partial charge on any atom is 0.284 e. The smallest absolute Gasteiger partial charge is 0.284 e. The number of benzene rings is 2. The van der Waals surface area contributed by atoms with Crippen molar-refractivity contribution in [3.63, 3.8) is 0 Å². The van der Waals surface area contributed by atoms with Crippen molar-refractivity contribution in [2.75, 3.05) is 13.1 Å². The highest BCUT2D eigenvalue weighted by Crippen LogP contribution is 2.22. The Kier molecular flexibility index (Phi) is 5.92. The zero-order valence-electron chi connectivity index (χ0n) is 18.0. The molecule has 0 saturated carbocycles. The molecule has 1 aliphatic heterocycles. The number of halogens is 1. The van der Waals surface area contributed by atoms with E-state index in [0.29, 0.717) is 35.4 Å². The molecule has 0 aliphatic carbocycles. The van der Waals surface area contributed by atoms with Crippen LogP contribution in [0, 0.1) is 5.92 Å². The molecule has 0 unspecified atom stereocenters. The molecule has 33 heavy (non-hydrogen) atoms. The molecule has 0 spiro atoms. The van der Waals surface area contributed by atoms with Crippen LogP contribution in [0.4, 0.5) is 0 Å². The van der Waals surface area contributed by atoms with Crippen molar-refractivity contribution >= 4 is 28.7 Å². The van der Waals surface area contributed by atoms with Gasteiger partial charge in [-0.2, -0.15) is 4.68 Å². The quantitative estimate of drug-likeness (QED) is 0.455. The predicted molar refractivity (Wildman–Crippen MR) is 125 cm³/mol. The lowest BCUT2D eigenvalue weighted by atomic mass is 9.90. The normalized spacial score (nSPS) is 14.6. The van der Waals surface area contributed by atoms with Gasteiger partial charge in [0.2, 0.25) is 5.91 Å². The van der Waals surface area contributed by atoms with Crippen molar-refractivity contribution < 1.29 is 4.79 Å². The number of aromatic nitrogens is 5. The summed E-state index contributed by atoms with van der Waals surface area (Å²) in [5, 5.41) is 8.60. The summed E-state index contributed by atoms with van der Waals surface area (Å²) in [6.45, 7) is 1.34. The molecule has 4 aromatic rings. The van der Waals surface area contributed by atoms with Crippen LogP contribution in [0.1, 0.15) is 18.4 Å². The molecular formula is C24H23ClN6O2. The van der Waals surface area contributed by atoms with Gasteiger partial charge in [-0.15, -0.1) is 5.10 Å². The molecule has 1 amide bonds. The van der Waals surface area contributed by atoms with Crippen LogP contribution < -0.4 is 5.56 Å². The van der Waals surface area contributed by atoms with Gasteiger partial charge in [-0.1, -0.05) is 53.2 Å². The van der Waals surface area contributed by atoms with Crippen molar-refractivity contribution in [1.82, 2.24) is 29.4 Å². The fraction of sp³-hybridized carbons (Fsp3) is 0.292. The summed E-state index contributed by atoms with van der Waals surface area (Å²) < 4.78 is 2.77. The first-order chi connectivity index (χ1) is 16.1. The van der Waals surface area contributed by atoms with Crippen LogP contribution in [0.3, 0.4) is 0 Å². The molecule has 9 heteroatoms. The fourth-order valence-electron chi connectivity index (χ4n) is 4.32.